The molecule has 3 N–H and O–H groups in total. The smallest absolute Gasteiger partial charge is 0.306 e. The second-order valence-corrected chi connectivity index (χ2v) is 8.85. The molecule has 2 atom stereocenters. The van der Waals surface area contributed by atoms with Crippen LogP contribution in [0.1, 0.15) is 25.7 Å². The van der Waals surface area contributed by atoms with Crippen LogP contribution >= 0.6 is 15.9 Å². The van der Waals surface area contributed by atoms with E-state index >= 15 is 0 Å². The molecule has 0 bridgehead atoms. The van der Waals surface area contributed by atoms with Crippen LogP contribution in [0.15, 0.2) is 53.0 Å². The number of anilines is 1. The molecule has 2 unspecified atom stereocenters. The number of phenolic OH excluding ortho intramolecular Hbond substituents is 1. The summed E-state index contributed by atoms with van der Waals surface area (Å²) in [5, 5.41) is 23.0. The van der Waals surface area contributed by atoms with E-state index in [0.717, 1.165) is 23.4 Å². The number of benzene rings is 2. The van der Waals surface area contributed by atoms with E-state index in [4.69, 9.17) is 0 Å². The molecule has 166 valence electrons. The highest BCUT2D eigenvalue weighted by Crippen LogP contribution is 2.36. The minimum Gasteiger partial charge on any atom is -0.507 e. The van der Waals surface area contributed by atoms with Crippen molar-refractivity contribution in [1.29, 1.82) is 0 Å². The summed E-state index contributed by atoms with van der Waals surface area (Å²) in [6.07, 6.45) is 2.63. The van der Waals surface area contributed by atoms with Gasteiger partial charge in [0, 0.05) is 21.6 Å². The first-order chi connectivity index (χ1) is 15.3. The highest BCUT2D eigenvalue weighted by Gasteiger charge is 2.27. The van der Waals surface area contributed by atoms with Gasteiger partial charge < -0.3 is 15.5 Å². The summed E-state index contributed by atoms with van der Waals surface area (Å²) in [5.74, 6) is -2.79. The van der Waals surface area contributed by atoms with Crippen LogP contribution in [0, 0.1) is 17.6 Å². The van der Waals surface area contributed by atoms with Gasteiger partial charge in [0.15, 0.2) is 11.6 Å². The summed E-state index contributed by atoms with van der Waals surface area (Å²) in [5.41, 5.74) is 1.25. The second-order valence-electron chi connectivity index (χ2n) is 7.93. The van der Waals surface area contributed by atoms with Crippen molar-refractivity contribution in [2.75, 3.05) is 5.32 Å². The maximum absolute atomic E-state index is 14.6. The van der Waals surface area contributed by atoms with Gasteiger partial charge in [-0.2, -0.15) is 0 Å². The van der Waals surface area contributed by atoms with E-state index in [9.17, 15) is 23.8 Å². The molecule has 2 aromatic carbocycles. The van der Waals surface area contributed by atoms with E-state index in [1.807, 2.05) is 0 Å². The Kier molecular flexibility index (Phi) is 6.41. The highest BCUT2D eigenvalue weighted by atomic mass is 79.9. The molecule has 0 spiro atoms. The number of aromatic hydroxyl groups is 1. The van der Waals surface area contributed by atoms with Crippen LogP contribution < -0.4 is 5.32 Å². The van der Waals surface area contributed by atoms with Crippen molar-refractivity contribution in [1.82, 2.24) is 4.98 Å². The highest BCUT2D eigenvalue weighted by molar-refractivity contribution is 9.10. The van der Waals surface area contributed by atoms with Gasteiger partial charge in [0.05, 0.1) is 11.6 Å². The standard InChI is InChI=1S/C24H21BrF2N2O3/c25-15-7-8-21(30)18(12-15)20-10-14(17-5-2-6-19(26)23(17)27)11-22(29-20)28-16-4-1-3-13(9-16)24(31)32/h2,5-8,10-13,16,30H,1,3-4,9H2,(H,28,29)(H,31,32). The van der Waals surface area contributed by atoms with Crippen LogP contribution in [-0.2, 0) is 4.79 Å². The lowest BCUT2D eigenvalue weighted by atomic mass is 9.86. The van der Waals surface area contributed by atoms with Crippen LogP contribution in [0.5, 0.6) is 5.75 Å². The zero-order chi connectivity index (χ0) is 22.8. The quantitative estimate of drug-likeness (QED) is 0.385. The number of hydrogen-bond acceptors (Lipinski definition) is 4. The van der Waals surface area contributed by atoms with Crippen molar-refractivity contribution in [3.8, 4) is 28.1 Å². The largest absolute Gasteiger partial charge is 0.507 e. The predicted molar refractivity (Wildman–Crippen MR) is 121 cm³/mol. The van der Waals surface area contributed by atoms with Crippen LogP contribution in [0.25, 0.3) is 22.4 Å². The zero-order valence-corrected chi connectivity index (χ0v) is 18.6. The molecule has 4 rings (SSSR count). The third-order valence-electron chi connectivity index (χ3n) is 5.70. The SMILES string of the molecule is O=C(O)C1CCCC(Nc2cc(-c3cccc(F)c3F)cc(-c3cc(Br)ccc3O)n2)C1. The fourth-order valence-electron chi connectivity index (χ4n) is 4.09. The molecule has 1 saturated carbocycles. The first kappa shape index (κ1) is 22.2. The molecule has 1 fully saturated rings. The number of aliphatic carboxylic acids is 1. The molecule has 3 aromatic rings. The normalized spacial score (nSPS) is 18.3. The topological polar surface area (TPSA) is 82.5 Å². The number of rotatable bonds is 5. The minimum absolute atomic E-state index is 0.00729. The molecule has 1 heterocycles. The number of aromatic nitrogens is 1. The van der Waals surface area contributed by atoms with Crippen LogP contribution in [-0.4, -0.2) is 27.2 Å². The van der Waals surface area contributed by atoms with Gasteiger partial charge in [-0.05, 0) is 61.2 Å². The molecular weight excluding hydrogens is 482 g/mol. The Hall–Kier alpha value is -3.00. The summed E-state index contributed by atoms with van der Waals surface area (Å²) in [6, 6.07) is 11.9. The molecular formula is C24H21BrF2N2O3. The lowest BCUT2D eigenvalue weighted by Gasteiger charge is -2.28. The third kappa shape index (κ3) is 4.75. The Morgan fingerprint density at radius 2 is 1.91 bits per heavy atom. The molecule has 0 aliphatic heterocycles. The Balaban J connectivity index is 1.78. The Morgan fingerprint density at radius 3 is 2.69 bits per heavy atom. The van der Waals surface area contributed by atoms with Gasteiger partial charge in [-0.1, -0.05) is 34.5 Å². The summed E-state index contributed by atoms with van der Waals surface area (Å²) in [7, 11) is 0. The summed E-state index contributed by atoms with van der Waals surface area (Å²) in [4.78, 5) is 16.0. The van der Waals surface area contributed by atoms with E-state index in [0.29, 0.717) is 35.5 Å². The lowest BCUT2D eigenvalue weighted by molar-refractivity contribution is -0.142. The van der Waals surface area contributed by atoms with Crippen molar-refractivity contribution < 1.29 is 23.8 Å². The number of pyridine rings is 1. The molecule has 0 amide bonds. The van der Waals surface area contributed by atoms with Crippen molar-refractivity contribution in [2.45, 2.75) is 31.7 Å². The van der Waals surface area contributed by atoms with E-state index in [2.05, 4.69) is 26.2 Å². The third-order valence-corrected chi connectivity index (χ3v) is 6.19. The summed E-state index contributed by atoms with van der Waals surface area (Å²) in [6.45, 7) is 0. The average molecular weight is 503 g/mol. The van der Waals surface area contributed by atoms with Gasteiger partial charge in [0.1, 0.15) is 11.6 Å². The maximum Gasteiger partial charge on any atom is 0.306 e. The van der Waals surface area contributed by atoms with Crippen molar-refractivity contribution in [3.05, 3.63) is 64.6 Å². The molecule has 1 aromatic heterocycles. The molecule has 8 heteroatoms. The van der Waals surface area contributed by atoms with E-state index < -0.39 is 23.5 Å². The van der Waals surface area contributed by atoms with Crippen molar-refractivity contribution >= 4 is 27.7 Å². The first-order valence-corrected chi connectivity index (χ1v) is 11.1. The number of carboxylic acid groups (broad SMARTS) is 1. The Bertz CT molecular complexity index is 1150. The molecule has 5 nitrogen and oxygen atoms in total. The number of phenols is 1. The van der Waals surface area contributed by atoms with Gasteiger partial charge >= 0.3 is 5.97 Å². The fraction of sp³-hybridized carbons (Fsp3) is 0.250. The summed E-state index contributed by atoms with van der Waals surface area (Å²) < 4.78 is 29.2. The maximum atomic E-state index is 14.6. The van der Waals surface area contributed by atoms with Crippen LogP contribution in [0.3, 0.4) is 0 Å². The van der Waals surface area contributed by atoms with E-state index in [1.165, 1.54) is 18.2 Å². The van der Waals surface area contributed by atoms with E-state index in [1.54, 1.807) is 24.3 Å². The zero-order valence-electron chi connectivity index (χ0n) is 17.0. The molecule has 0 radical (unpaired) electrons. The number of nitrogens with zero attached hydrogens (tertiary/aromatic N) is 1. The van der Waals surface area contributed by atoms with Crippen molar-refractivity contribution in [2.24, 2.45) is 5.92 Å². The number of carbonyl (C=O) groups is 1. The molecule has 0 saturated heterocycles. The number of halogens is 3. The fourth-order valence-corrected chi connectivity index (χ4v) is 4.45. The van der Waals surface area contributed by atoms with Crippen molar-refractivity contribution in [3.63, 3.8) is 0 Å². The minimum atomic E-state index is -0.974. The van der Waals surface area contributed by atoms with Gasteiger partial charge in [0.2, 0.25) is 0 Å². The van der Waals surface area contributed by atoms with E-state index in [-0.39, 0.29) is 17.4 Å². The lowest BCUT2D eigenvalue weighted by Crippen LogP contribution is -2.31. The van der Waals surface area contributed by atoms with Gasteiger partial charge in [-0.15, -0.1) is 0 Å². The molecule has 1 aliphatic carbocycles. The average Bonchev–Trinajstić information content (AvgIpc) is 2.77. The van der Waals surface area contributed by atoms with Gasteiger partial charge in [0.25, 0.3) is 0 Å². The van der Waals surface area contributed by atoms with Crippen LogP contribution in [0.4, 0.5) is 14.6 Å². The number of nitrogens with one attached hydrogen (secondary N) is 1. The van der Waals surface area contributed by atoms with Crippen LogP contribution in [0.2, 0.25) is 0 Å². The Morgan fingerprint density at radius 1 is 1.09 bits per heavy atom. The summed E-state index contributed by atoms with van der Waals surface area (Å²) >= 11 is 3.38. The Labute approximate surface area is 192 Å². The predicted octanol–water partition coefficient (Wildman–Crippen LogP) is 6.22. The van der Waals surface area contributed by atoms with Gasteiger partial charge in [-0.25, -0.2) is 13.8 Å². The number of hydrogen-bond donors (Lipinski definition) is 3. The monoisotopic (exact) mass is 502 g/mol. The van der Waals surface area contributed by atoms with Gasteiger partial charge in [-0.3, -0.25) is 4.79 Å². The second kappa shape index (κ2) is 9.24. The molecule has 1 aliphatic rings. The molecule has 32 heavy (non-hydrogen) atoms. The number of carboxylic acids is 1. The first-order valence-electron chi connectivity index (χ1n) is 10.3.